The lowest BCUT2D eigenvalue weighted by Gasteiger charge is -2.16. The molecule has 2 aromatic rings. The normalized spacial score (nSPS) is 12.7. The molecule has 0 aliphatic carbocycles. The molecule has 0 saturated heterocycles. The van der Waals surface area contributed by atoms with Crippen molar-refractivity contribution in [2.24, 2.45) is 0 Å². The summed E-state index contributed by atoms with van der Waals surface area (Å²) >= 11 is 0. The van der Waals surface area contributed by atoms with Gasteiger partial charge in [-0.25, -0.2) is 4.68 Å². The first-order chi connectivity index (χ1) is 11.2. The Morgan fingerprint density at radius 3 is 2.38 bits per heavy atom. The van der Waals surface area contributed by atoms with E-state index in [0.29, 0.717) is 5.56 Å². The van der Waals surface area contributed by atoms with Gasteiger partial charge >= 0.3 is 6.18 Å². The van der Waals surface area contributed by atoms with Gasteiger partial charge in [0.1, 0.15) is 6.54 Å². The Morgan fingerprint density at radius 2 is 1.79 bits per heavy atom. The van der Waals surface area contributed by atoms with E-state index in [0.717, 1.165) is 28.9 Å². The van der Waals surface area contributed by atoms with Crippen LogP contribution in [0.25, 0.3) is 0 Å². The van der Waals surface area contributed by atoms with Gasteiger partial charge in [0, 0.05) is 12.1 Å². The summed E-state index contributed by atoms with van der Waals surface area (Å²) in [5.41, 5.74) is -1.38. The number of carbonyl (C=O) groups excluding carboxylic acids is 1. The van der Waals surface area contributed by atoms with Crippen LogP contribution < -0.4 is 16.4 Å². The monoisotopic (exact) mass is 341 g/mol. The molecule has 0 aliphatic rings. The second-order valence-corrected chi connectivity index (χ2v) is 5.14. The van der Waals surface area contributed by atoms with Crippen LogP contribution in [-0.2, 0) is 17.5 Å². The van der Waals surface area contributed by atoms with Crippen molar-refractivity contribution in [1.29, 1.82) is 0 Å². The number of nitrogens with one attached hydrogen (secondary N) is 2. The van der Waals surface area contributed by atoms with E-state index in [-0.39, 0.29) is 0 Å². The Morgan fingerprint density at radius 1 is 1.17 bits per heavy atom. The summed E-state index contributed by atoms with van der Waals surface area (Å²) in [6.07, 6.45) is -4.43. The second kappa shape index (κ2) is 6.73. The number of hydrogen-bond donors (Lipinski definition) is 2. The lowest BCUT2D eigenvalue weighted by atomic mass is 10.1. The highest BCUT2D eigenvalue weighted by Crippen LogP contribution is 2.29. The van der Waals surface area contributed by atoms with Crippen LogP contribution in [0.3, 0.4) is 0 Å². The molecule has 0 spiro atoms. The van der Waals surface area contributed by atoms with Crippen LogP contribution in [0.4, 0.5) is 13.2 Å². The van der Waals surface area contributed by atoms with E-state index in [9.17, 15) is 27.6 Å². The van der Waals surface area contributed by atoms with E-state index < -0.39 is 41.4 Å². The number of nitrogens with zero attached hydrogens (tertiary/aromatic N) is 1. The van der Waals surface area contributed by atoms with Crippen LogP contribution in [0.5, 0.6) is 0 Å². The third-order valence-corrected chi connectivity index (χ3v) is 3.31. The smallest absolute Gasteiger partial charge is 0.348 e. The Kier molecular flexibility index (Phi) is 4.91. The minimum Gasteiger partial charge on any atom is -0.348 e. The SMILES string of the molecule is CC(NC(=O)Cn1[nH]c(=O)ccc1=O)c1ccc(C(F)(F)F)cc1. The summed E-state index contributed by atoms with van der Waals surface area (Å²) < 4.78 is 38.4. The standard InChI is InChI=1S/C15H14F3N3O3/c1-9(10-2-4-11(5-3-10)15(16,17)18)19-13(23)8-21-14(24)7-6-12(22)20-21/h2-7,9H,8H2,1H3,(H,19,23)(H,20,22). The number of alkyl halides is 3. The van der Waals surface area contributed by atoms with E-state index in [1.807, 2.05) is 0 Å². The summed E-state index contributed by atoms with van der Waals surface area (Å²) in [7, 11) is 0. The van der Waals surface area contributed by atoms with Crippen LogP contribution in [0.15, 0.2) is 46.0 Å². The van der Waals surface area contributed by atoms with Crippen LogP contribution in [0, 0.1) is 0 Å². The van der Waals surface area contributed by atoms with Gasteiger partial charge in [-0.1, -0.05) is 12.1 Å². The number of amides is 1. The van der Waals surface area contributed by atoms with Crippen LogP contribution in [0.1, 0.15) is 24.1 Å². The zero-order chi connectivity index (χ0) is 17.9. The topological polar surface area (TPSA) is 84.0 Å². The number of halogens is 3. The Hall–Kier alpha value is -2.84. The maximum absolute atomic E-state index is 12.5. The fourth-order valence-corrected chi connectivity index (χ4v) is 2.05. The van der Waals surface area contributed by atoms with Gasteiger partial charge in [0.15, 0.2) is 0 Å². The van der Waals surface area contributed by atoms with E-state index in [1.165, 1.54) is 12.1 Å². The molecule has 9 heteroatoms. The molecule has 0 radical (unpaired) electrons. The number of aromatic nitrogens is 2. The molecule has 1 unspecified atom stereocenters. The van der Waals surface area contributed by atoms with Crippen molar-refractivity contribution < 1.29 is 18.0 Å². The first-order valence-electron chi connectivity index (χ1n) is 6.93. The molecule has 1 amide bonds. The largest absolute Gasteiger partial charge is 0.416 e. The highest BCUT2D eigenvalue weighted by Gasteiger charge is 2.30. The highest BCUT2D eigenvalue weighted by atomic mass is 19.4. The summed E-state index contributed by atoms with van der Waals surface area (Å²) in [5, 5.41) is 4.75. The van der Waals surface area contributed by atoms with Crippen molar-refractivity contribution in [3.63, 3.8) is 0 Å². The number of H-pyrrole nitrogens is 1. The first-order valence-corrected chi connectivity index (χ1v) is 6.93. The van der Waals surface area contributed by atoms with Crippen LogP contribution in [0.2, 0.25) is 0 Å². The average molecular weight is 341 g/mol. The van der Waals surface area contributed by atoms with E-state index >= 15 is 0 Å². The molecule has 1 aromatic carbocycles. The van der Waals surface area contributed by atoms with Crippen molar-refractivity contribution in [3.8, 4) is 0 Å². The second-order valence-electron chi connectivity index (χ2n) is 5.14. The molecular formula is C15H14F3N3O3. The lowest BCUT2D eigenvalue weighted by molar-refractivity contribution is -0.137. The molecule has 0 saturated carbocycles. The Bertz CT molecular complexity index is 838. The molecule has 2 N–H and O–H groups in total. The zero-order valence-electron chi connectivity index (χ0n) is 12.6. The van der Waals surface area contributed by atoms with Gasteiger partial charge < -0.3 is 5.32 Å². The first kappa shape index (κ1) is 17.5. The molecule has 2 rings (SSSR count). The fourth-order valence-electron chi connectivity index (χ4n) is 2.05. The van der Waals surface area contributed by atoms with E-state index in [4.69, 9.17) is 0 Å². The summed E-state index contributed by atoms with van der Waals surface area (Å²) in [6.45, 7) is 1.19. The van der Waals surface area contributed by atoms with Gasteiger partial charge in [0.2, 0.25) is 5.91 Å². The van der Waals surface area contributed by atoms with Gasteiger partial charge in [-0.05, 0) is 24.6 Å². The highest BCUT2D eigenvalue weighted by molar-refractivity contribution is 5.76. The third-order valence-electron chi connectivity index (χ3n) is 3.31. The predicted molar refractivity (Wildman–Crippen MR) is 79.3 cm³/mol. The summed E-state index contributed by atoms with van der Waals surface area (Å²) in [6, 6.07) is 5.90. The number of rotatable bonds is 4. The quantitative estimate of drug-likeness (QED) is 0.882. The molecule has 0 fully saturated rings. The summed E-state index contributed by atoms with van der Waals surface area (Å²) in [4.78, 5) is 34.6. The van der Waals surface area contributed by atoms with Gasteiger partial charge in [0.05, 0.1) is 11.6 Å². The molecule has 24 heavy (non-hydrogen) atoms. The predicted octanol–water partition coefficient (Wildman–Crippen LogP) is 1.43. The molecule has 1 heterocycles. The van der Waals surface area contributed by atoms with E-state index in [1.54, 1.807) is 6.92 Å². The van der Waals surface area contributed by atoms with Crippen molar-refractivity contribution in [3.05, 3.63) is 68.2 Å². The van der Waals surface area contributed by atoms with E-state index in [2.05, 4.69) is 10.4 Å². The zero-order valence-corrected chi connectivity index (χ0v) is 12.6. The molecule has 6 nitrogen and oxygen atoms in total. The van der Waals surface area contributed by atoms with Crippen molar-refractivity contribution in [1.82, 2.24) is 15.1 Å². The number of hydrogen-bond acceptors (Lipinski definition) is 3. The summed E-state index contributed by atoms with van der Waals surface area (Å²) in [5.74, 6) is -0.564. The molecule has 128 valence electrons. The fraction of sp³-hybridized carbons (Fsp3) is 0.267. The van der Waals surface area contributed by atoms with Gasteiger partial charge in [-0.3, -0.25) is 19.5 Å². The molecule has 0 aliphatic heterocycles. The lowest BCUT2D eigenvalue weighted by Crippen LogP contribution is -2.36. The maximum atomic E-state index is 12.5. The number of benzene rings is 1. The molecular weight excluding hydrogens is 327 g/mol. The van der Waals surface area contributed by atoms with Crippen molar-refractivity contribution in [2.45, 2.75) is 25.7 Å². The molecule has 1 atom stereocenters. The number of aromatic amines is 1. The van der Waals surface area contributed by atoms with Crippen molar-refractivity contribution in [2.75, 3.05) is 0 Å². The van der Waals surface area contributed by atoms with Crippen molar-refractivity contribution >= 4 is 5.91 Å². The van der Waals surface area contributed by atoms with Gasteiger partial charge in [-0.15, -0.1) is 0 Å². The maximum Gasteiger partial charge on any atom is 0.416 e. The van der Waals surface area contributed by atoms with Gasteiger partial charge in [0.25, 0.3) is 11.1 Å². The number of carbonyl (C=O) groups is 1. The minimum absolute atomic E-state index is 0.403. The average Bonchev–Trinajstić information content (AvgIpc) is 2.50. The van der Waals surface area contributed by atoms with Crippen LogP contribution in [-0.4, -0.2) is 15.7 Å². The van der Waals surface area contributed by atoms with Crippen LogP contribution >= 0.6 is 0 Å². The van der Waals surface area contributed by atoms with Gasteiger partial charge in [-0.2, -0.15) is 13.2 Å². The Balaban J connectivity index is 2.05. The third kappa shape index (κ3) is 4.34. The molecule has 0 bridgehead atoms. The molecule has 1 aromatic heterocycles. The Labute approximate surface area is 133 Å². The minimum atomic E-state index is -4.43.